The van der Waals surface area contributed by atoms with Crippen LogP contribution in [0.25, 0.3) is 33.9 Å². The molecule has 36 heavy (non-hydrogen) atoms. The number of fused-ring (bicyclic) bond motifs is 1. The number of rotatable bonds is 5. The average molecular weight is 472 g/mol. The second-order valence-corrected chi connectivity index (χ2v) is 8.90. The molecule has 0 spiro atoms. The second-order valence-electron chi connectivity index (χ2n) is 8.90. The molecule has 6 rings (SSSR count). The van der Waals surface area contributed by atoms with Gasteiger partial charge in [-0.05, 0) is 11.6 Å². The number of hydrogen-bond donors (Lipinski definition) is 0. The number of carbonyl (C=O) groups is 1. The number of hydrogen-bond acceptors (Lipinski definition) is 4. The average Bonchev–Trinajstić information content (AvgIpc) is 3.37. The lowest BCUT2D eigenvalue weighted by atomic mass is 10.1. The van der Waals surface area contributed by atoms with Crippen molar-refractivity contribution in [1.82, 2.24) is 24.6 Å². The molecule has 0 unspecified atom stereocenters. The first-order chi connectivity index (χ1) is 17.7. The first kappa shape index (κ1) is 21.9. The largest absolute Gasteiger partial charge is 0.336 e. The minimum atomic E-state index is 0.0349. The van der Waals surface area contributed by atoms with Crippen molar-refractivity contribution in [3.05, 3.63) is 115 Å². The van der Waals surface area contributed by atoms with E-state index in [0.29, 0.717) is 19.5 Å². The normalized spacial score (nSPS) is 12.8. The number of benzene rings is 3. The fourth-order valence-corrected chi connectivity index (χ4v) is 4.61. The molecule has 3 heterocycles. The molecule has 0 saturated heterocycles. The highest BCUT2D eigenvalue weighted by molar-refractivity contribution is 5.78. The summed E-state index contributed by atoms with van der Waals surface area (Å²) < 4.78 is 1.82. The molecule has 0 bridgehead atoms. The molecule has 5 aromatic rings. The van der Waals surface area contributed by atoms with Gasteiger partial charge in [-0.1, -0.05) is 91.0 Å². The molecule has 0 N–H and O–H groups in total. The lowest BCUT2D eigenvalue weighted by Crippen LogP contribution is -2.38. The van der Waals surface area contributed by atoms with E-state index in [1.165, 1.54) is 0 Å². The van der Waals surface area contributed by atoms with Gasteiger partial charge in [0, 0.05) is 42.4 Å². The van der Waals surface area contributed by atoms with Gasteiger partial charge in [0.2, 0.25) is 5.91 Å². The van der Waals surface area contributed by atoms with Gasteiger partial charge >= 0.3 is 0 Å². The maximum Gasteiger partial charge on any atom is 0.244 e. The van der Waals surface area contributed by atoms with E-state index in [-0.39, 0.29) is 12.5 Å². The summed E-state index contributed by atoms with van der Waals surface area (Å²) in [6.45, 7) is 1.32. The Morgan fingerprint density at radius 3 is 2.14 bits per heavy atom. The first-order valence-corrected chi connectivity index (χ1v) is 12.1. The third kappa shape index (κ3) is 4.41. The molecule has 2 aromatic heterocycles. The second kappa shape index (κ2) is 9.58. The fraction of sp³-hybridized carbons (Fsp3) is 0.133. The highest BCUT2D eigenvalue weighted by Gasteiger charge is 2.24. The van der Waals surface area contributed by atoms with Crippen molar-refractivity contribution >= 4 is 5.91 Å². The molecule has 0 aliphatic carbocycles. The van der Waals surface area contributed by atoms with Crippen LogP contribution in [0.5, 0.6) is 0 Å². The van der Waals surface area contributed by atoms with Gasteiger partial charge in [0.05, 0.1) is 17.1 Å². The Morgan fingerprint density at radius 2 is 1.44 bits per heavy atom. The number of amides is 1. The van der Waals surface area contributed by atoms with Crippen molar-refractivity contribution in [1.29, 1.82) is 0 Å². The van der Waals surface area contributed by atoms with Crippen LogP contribution >= 0.6 is 0 Å². The van der Waals surface area contributed by atoms with Crippen molar-refractivity contribution in [2.24, 2.45) is 0 Å². The minimum absolute atomic E-state index is 0.0349. The maximum absolute atomic E-state index is 13.4. The Kier molecular flexibility index (Phi) is 5.83. The summed E-state index contributed by atoms with van der Waals surface area (Å²) in [4.78, 5) is 24.7. The highest BCUT2D eigenvalue weighted by Crippen LogP contribution is 2.27. The number of carbonyl (C=O) groups excluding carboxylic acids is 1. The molecule has 176 valence electrons. The van der Waals surface area contributed by atoms with E-state index in [9.17, 15) is 4.79 Å². The van der Waals surface area contributed by atoms with Crippen LogP contribution < -0.4 is 0 Å². The quantitative estimate of drug-likeness (QED) is 0.351. The molecule has 0 saturated carbocycles. The Bertz CT molecular complexity index is 1500. The molecule has 0 radical (unpaired) electrons. The van der Waals surface area contributed by atoms with E-state index >= 15 is 0 Å². The van der Waals surface area contributed by atoms with Gasteiger partial charge in [0.1, 0.15) is 6.54 Å². The van der Waals surface area contributed by atoms with Crippen LogP contribution in [0.1, 0.15) is 11.3 Å². The topological polar surface area (TPSA) is 63.9 Å². The van der Waals surface area contributed by atoms with Crippen LogP contribution in [0.4, 0.5) is 0 Å². The van der Waals surface area contributed by atoms with Gasteiger partial charge in [-0.2, -0.15) is 5.10 Å². The molecule has 1 aliphatic heterocycles. The van der Waals surface area contributed by atoms with E-state index in [0.717, 1.165) is 45.2 Å². The van der Waals surface area contributed by atoms with Gasteiger partial charge in [0.25, 0.3) is 0 Å². The predicted molar refractivity (Wildman–Crippen MR) is 140 cm³/mol. The third-order valence-electron chi connectivity index (χ3n) is 6.52. The zero-order valence-corrected chi connectivity index (χ0v) is 19.8. The first-order valence-electron chi connectivity index (χ1n) is 12.1. The monoisotopic (exact) mass is 471 g/mol. The summed E-state index contributed by atoms with van der Waals surface area (Å²) in [5.41, 5.74) is 6.86. The van der Waals surface area contributed by atoms with Gasteiger partial charge in [-0.15, -0.1) is 0 Å². The Morgan fingerprint density at radius 1 is 0.806 bits per heavy atom. The van der Waals surface area contributed by atoms with E-state index in [1.54, 1.807) is 0 Å². The summed E-state index contributed by atoms with van der Waals surface area (Å²) in [6, 6.07) is 32.2. The molecule has 6 heteroatoms. The summed E-state index contributed by atoms with van der Waals surface area (Å²) in [7, 11) is 0. The minimum Gasteiger partial charge on any atom is -0.336 e. The molecule has 6 nitrogen and oxygen atoms in total. The number of aromatic nitrogens is 4. The predicted octanol–water partition coefficient (Wildman–Crippen LogP) is 5.26. The fourth-order valence-electron chi connectivity index (χ4n) is 4.61. The molecule has 0 fully saturated rings. The lowest BCUT2D eigenvalue weighted by molar-refractivity contribution is -0.132. The van der Waals surface area contributed by atoms with Crippen LogP contribution in [0.3, 0.4) is 0 Å². The highest BCUT2D eigenvalue weighted by atomic mass is 16.2. The Hall–Kier alpha value is -4.58. The standard InChI is InChI=1S/C30H25N5O/c36-29(34-17-16-26-25(20-34)19-31-30(32-26)24-14-8-3-9-15-24)21-35-28(23-12-6-2-7-13-23)18-27(33-35)22-10-4-1-5-11-22/h1-15,18-19H,16-17,20-21H2. The van der Waals surface area contributed by atoms with Crippen LogP contribution in [-0.4, -0.2) is 37.1 Å². The zero-order valence-electron chi connectivity index (χ0n) is 19.8. The maximum atomic E-state index is 13.4. The Labute approximate surface area is 209 Å². The van der Waals surface area contributed by atoms with Gasteiger partial charge in [-0.25, -0.2) is 9.97 Å². The lowest BCUT2D eigenvalue weighted by Gasteiger charge is -2.28. The zero-order chi connectivity index (χ0) is 24.3. The number of nitrogens with zero attached hydrogens (tertiary/aromatic N) is 5. The molecule has 3 aromatic carbocycles. The van der Waals surface area contributed by atoms with Gasteiger partial charge in [0.15, 0.2) is 5.82 Å². The molecular formula is C30H25N5O. The van der Waals surface area contributed by atoms with E-state index < -0.39 is 0 Å². The summed E-state index contributed by atoms with van der Waals surface area (Å²) in [5, 5.41) is 4.83. The van der Waals surface area contributed by atoms with Crippen LogP contribution in [0.15, 0.2) is 103 Å². The summed E-state index contributed by atoms with van der Waals surface area (Å²) in [6.07, 6.45) is 2.57. The van der Waals surface area contributed by atoms with Gasteiger partial charge in [-0.3, -0.25) is 9.48 Å². The molecular weight excluding hydrogens is 446 g/mol. The molecule has 0 atom stereocenters. The summed E-state index contributed by atoms with van der Waals surface area (Å²) in [5.74, 6) is 0.763. The Balaban J connectivity index is 1.24. The van der Waals surface area contributed by atoms with Crippen LogP contribution in [0.2, 0.25) is 0 Å². The van der Waals surface area contributed by atoms with Crippen molar-refractivity contribution in [2.75, 3.05) is 6.54 Å². The molecule has 1 aliphatic rings. The molecule has 1 amide bonds. The SMILES string of the molecule is O=C(Cn1nc(-c2ccccc2)cc1-c1ccccc1)N1CCc2nc(-c3ccccc3)ncc2C1. The van der Waals surface area contributed by atoms with Crippen LogP contribution in [0, 0.1) is 0 Å². The van der Waals surface area contributed by atoms with Crippen molar-refractivity contribution in [3.8, 4) is 33.9 Å². The third-order valence-corrected chi connectivity index (χ3v) is 6.52. The van der Waals surface area contributed by atoms with E-state index in [4.69, 9.17) is 10.1 Å². The van der Waals surface area contributed by atoms with E-state index in [2.05, 4.69) is 11.1 Å². The van der Waals surface area contributed by atoms with Crippen molar-refractivity contribution in [2.45, 2.75) is 19.5 Å². The van der Waals surface area contributed by atoms with Crippen LogP contribution in [-0.2, 0) is 24.3 Å². The van der Waals surface area contributed by atoms with Gasteiger partial charge < -0.3 is 4.90 Å². The summed E-state index contributed by atoms with van der Waals surface area (Å²) >= 11 is 0. The van der Waals surface area contributed by atoms with Crippen molar-refractivity contribution in [3.63, 3.8) is 0 Å². The smallest absolute Gasteiger partial charge is 0.244 e. The van der Waals surface area contributed by atoms with E-state index in [1.807, 2.05) is 107 Å². The van der Waals surface area contributed by atoms with Crippen molar-refractivity contribution < 1.29 is 4.79 Å².